The smallest absolute Gasteiger partial charge is 0.161 e. The molecule has 268 valence electrons. The summed E-state index contributed by atoms with van der Waals surface area (Å²) in [5.41, 5.74) is 16.5. The van der Waals surface area contributed by atoms with Gasteiger partial charge in [0.25, 0.3) is 0 Å². The molecule has 4 nitrogen and oxygen atoms in total. The predicted molar refractivity (Wildman–Crippen MR) is 235 cm³/mol. The molecule has 0 saturated heterocycles. The zero-order chi connectivity index (χ0) is 37.8. The molecule has 0 bridgehead atoms. The average molecular weight is 730 g/mol. The summed E-state index contributed by atoms with van der Waals surface area (Å²) in [6.07, 6.45) is 0. The Morgan fingerprint density at radius 2 is 1.07 bits per heavy atom. The van der Waals surface area contributed by atoms with Crippen LogP contribution in [-0.2, 0) is 5.41 Å². The molecule has 1 aliphatic carbocycles. The van der Waals surface area contributed by atoms with Gasteiger partial charge in [-0.15, -0.1) is 0 Å². The van der Waals surface area contributed by atoms with E-state index in [2.05, 4.69) is 194 Å². The van der Waals surface area contributed by atoms with Crippen LogP contribution in [0.25, 0.3) is 105 Å². The summed E-state index contributed by atoms with van der Waals surface area (Å²) < 4.78 is 8.82. The van der Waals surface area contributed by atoms with Gasteiger partial charge in [-0.2, -0.15) is 0 Å². The Kier molecular flexibility index (Phi) is 6.65. The lowest BCUT2D eigenvalue weighted by Crippen LogP contribution is -2.14. The van der Waals surface area contributed by atoms with Crippen LogP contribution in [0.5, 0.6) is 0 Å². The van der Waals surface area contributed by atoms with Crippen LogP contribution < -0.4 is 0 Å². The number of nitrogens with zero attached hydrogens (tertiary/aromatic N) is 3. The first-order valence-electron chi connectivity index (χ1n) is 19.6. The van der Waals surface area contributed by atoms with E-state index < -0.39 is 0 Å². The van der Waals surface area contributed by atoms with Crippen LogP contribution in [0.4, 0.5) is 0 Å². The average Bonchev–Trinajstić information content (AvgIpc) is 3.88. The molecular weight excluding hydrogens is 695 g/mol. The van der Waals surface area contributed by atoms with Crippen LogP contribution in [0.1, 0.15) is 25.0 Å². The van der Waals surface area contributed by atoms with Crippen molar-refractivity contribution in [1.82, 2.24) is 14.5 Å². The topological polar surface area (TPSA) is 43.9 Å². The zero-order valence-corrected chi connectivity index (χ0v) is 31.5. The van der Waals surface area contributed by atoms with Gasteiger partial charge in [0.15, 0.2) is 5.82 Å². The molecule has 0 amide bonds. The molecule has 0 fully saturated rings. The lowest BCUT2D eigenvalue weighted by Gasteiger charge is -2.21. The van der Waals surface area contributed by atoms with Crippen molar-refractivity contribution in [3.05, 3.63) is 187 Å². The highest BCUT2D eigenvalue weighted by atomic mass is 16.3. The largest absolute Gasteiger partial charge is 0.456 e. The van der Waals surface area contributed by atoms with Crippen molar-refractivity contribution in [2.45, 2.75) is 19.3 Å². The highest BCUT2D eigenvalue weighted by Gasteiger charge is 2.37. The van der Waals surface area contributed by atoms with Gasteiger partial charge < -0.3 is 8.98 Å². The van der Waals surface area contributed by atoms with Crippen LogP contribution in [-0.4, -0.2) is 14.5 Å². The summed E-state index contributed by atoms with van der Waals surface area (Å²) in [6.45, 7) is 4.62. The van der Waals surface area contributed by atoms with Crippen molar-refractivity contribution in [3.63, 3.8) is 0 Å². The summed E-state index contributed by atoms with van der Waals surface area (Å²) >= 11 is 0. The Balaban J connectivity index is 1.01. The first-order chi connectivity index (χ1) is 28.0. The van der Waals surface area contributed by atoms with E-state index in [0.29, 0.717) is 0 Å². The Bertz CT molecular complexity index is 3440. The summed E-state index contributed by atoms with van der Waals surface area (Å²) in [5.74, 6) is 0.733. The molecule has 0 aliphatic heterocycles. The minimum atomic E-state index is -0.110. The molecule has 1 aliphatic rings. The lowest BCUT2D eigenvalue weighted by molar-refractivity contribution is 0.660. The van der Waals surface area contributed by atoms with E-state index in [1.807, 2.05) is 0 Å². The van der Waals surface area contributed by atoms with Gasteiger partial charge in [0, 0.05) is 49.2 Å². The number of aromatic nitrogens is 3. The molecule has 4 heteroatoms. The molecule has 0 atom stereocenters. The molecule has 0 radical (unpaired) electrons. The maximum atomic E-state index is 6.46. The highest BCUT2D eigenvalue weighted by molar-refractivity contribution is 6.12. The van der Waals surface area contributed by atoms with E-state index in [0.717, 1.165) is 72.3 Å². The van der Waals surface area contributed by atoms with E-state index in [1.165, 1.54) is 44.1 Å². The molecule has 3 heterocycles. The minimum Gasteiger partial charge on any atom is -0.456 e. The van der Waals surface area contributed by atoms with Gasteiger partial charge in [-0.05, 0) is 100 Å². The van der Waals surface area contributed by atoms with Crippen molar-refractivity contribution >= 4 is 54.6 Å². The monoisotopic (exact) mass is 729 g/mol. The second kappa shape index (κ2) is 11.8. The van der Waals surface area contributed by atoms with E-state index in [-0.39, 0.29) is 5.41 Å². The Hall–Kier alpha value is -7.30. The fourth-order valence-electron chi connectivity index (χ4n) is 9.47. The number of hydrogen-bond acceptors (Lipinski definition) is 3. The number of fused-ring (bicyclic) bond motifs is 10. The summed E-state index contributed by atoms with van der Waals surface area (Å²) in [7, 11) is 0. The molecule has 0 N–H and O–H groups in total. The number of hydrogen-bond donors (Lipinski definition) is 0. The normalized spacial score (nSPS) is 13.2. The van der Waals surface area contributed by atoms with Crippen LogP contribution in [0, 0.1) is 0 Å². The number of rotatable bonds is 4. The predicted octanol–water partition coefficient (Wildman–Crippen LogP) is 13.9. The quantitative estimate of drug-likeness (QED) is 0.181. The first-order valence-corrected chi connectivity index (χ1v) is 19.6. The van der Waals surface area contributed by atoms with Crippen LogP contribution in [0.3, 0.4) is 0 Å². The third-order valence-electron chi connectivity index (χ3n) is 12.2. The van der Waals surface area contributed by atoms with Crippen LogP contribution in [0.15, 0.2) is 180 Å². The van der Waals surface area contributed by atoms with Crippen molar-refractivity contribution in [1.29, 1.82) is 0 Å². The van der Waals surface area contributed by atoms with Crippen LogP contribution in [0.2, 0.25) is 0 Å². The Morgan fingerprint density at radius 3 is 1.91 bits per heavy atom. The second-order valence-corrected chi connectivity index (χ2v) is 15.8. The van der Waals surface area contributed by atoms with E-state index >= 15 is 0 Å². The molecule has 11 aromatic rings. The lowest BCUT2D eigenvalue weighted by atomic mass is 9.82. The van der Waals surface area contributed by atoms with E-state index in [9.17, 15) is 0 Å². The van der Waals surface area contributed by atoms with Gasteiger partial charge in [-0.1, -0.05) is 123 Å². The molecule has 12 rings (SSSR count). The second-order valence-electron chi connectivity index (χ2n) is 15.8. The van der Waals surface area contributed by atoms with Crippen molar-refractivity contribution in [3.8, 4) is 50.6 Å². The van der Waals surface area contributed by atoms with E-state index in [4.69, 9.17) is 14.4 Å². The van der Waals surface area contributed by atoms with Crippen molar-refractivity contribution in [2.75, 3.05) is 0 Å². The molecular formula is C53H35N3O. The van der Waals surface area contributed by atoms with Crippen LogP contribution >= 0.6 is 0 Å². The third-order valence-corrected chi connectivity index (χ3v) is 12.2. The van der Waals surface area contributed by atoms with E-state index in [1.54, 1.807) is 0 Å². The maximum Gasteiger partial charge on any atom is 0.161 e. The zero-order valence-electron chi connectivity index (χ0n) is 31.5. The number of furan rings is 1. The SMILES string of the molecule is CC1(C)c2ccccc2-c2c(-c3nc(-c4ccc5oc6ccc(-c7ccc8c(c7)c7ccccc7n8-c7ccccc7)cc6c5c4)c4ccccc4n3)cccc21. The molecule has 8 aromatic carbocycles. The number of para-hydroxylation sites is 3. The molecule has 3 aromatic heterocycles. The standard InChI is InChI=1S/C53H35N3O/c1-53(2)43-19-9-6-16-37(43)50-39(18-12-20-44(50)53)52-54-45-21-10-7-17-38(45)51(55-52)34-25-28-49-42(31-34)41-30-33(24-27-48(41)57-49)32-23-26-47-40(29-32)36-15-8-11-22-46(36)56(47)35-13-4-3-5-14-35/h3-31H,1-2H3. The summed E-state index contributed by atoms with van der Waals surface area (Å²) in [4.78, 5) is 10.6. The fourth-order valence-corrected chi connectivity index (χ4v) is 9.47. The minimum absolute atomic E-state index is 0.110. The van der Waals surface area contributed by atoms with Gasteiger partial charge in [0.05, 0.1) is 22.2 Å². The first kappa shape index (κ1) is 32.0. The molecule has 0 saturated carbocycles. The Morgan fingerprint density at radius 1 is 0.456 bits per heavy atom. The summed E-state index contributed by atoms with van der Waals surface area (Å²) in [5, 5.41) is 5.63. The maximum absolute atomic E-state index is 6.46. The van der Waals surface area contributed by atoms with Gasteiger partial charge in [0.2, 0.25) is 0 Å². The fraction of sp³-hybridized carbons (Fsp3) is 0.0566. The van der Waals surface area contributed by atoms with Crippen molar-refractivity contribution < 1.29 is 4.42 Å². The highest BCUT2D eigenvalue weighted by Crippen LogP contribution is 2.52. The Labute approximate surface area is 329 Å². The van der Waals surface area contributed by atoms with Crippen molar-refractivity contribution in [2.24, 2.45) is 0 Å². The van der Waals surface area contributed by atoms with Gasteiger partial charge in [-0.3, -0.25) is 0 Å². The van der Waals surface area contributed by atoms with Gasteiger partial charge >= 0.3 is 0 Å². The molecule has 0 spiro atoms. The number of benzene rings is 8. The van der Waals surface area contributed by atoms with Gasteiger partial charge in [-0.25, -0.2) is 9.97 Å². The molecule has 57 heavy (non-hydrogen) atoms. The molecule has 0 unspecified atom stereocenters. The van der Waals surface area contributed by atoms with Gasteiger partial charge in [0.1, 0.15) is 11.2 Å². The summed E-state index contributed by atoms with van der Waals surface area (Å²) in [6, 6.07) is 62.8. The third kappa shape index (κ3) is 4.68.